The lowest BCUT2D eigenvalue weighted by atomic mass is 9.80. The minimum absolute atomic E-state index is 0.0119. The zero-order valence-corrected chi connectivity index (χ0v) is 33.4. The second kappa shape index (κ2) is 18.2. The molecule has 11 nitrogen and oxygen atoms in total. The molecule has 1 aliphatic heterocycles. The average molecular weight is 790 g/mol. The first-order valence-electron chi connectivity index (χ1n) is 18.1. The molecule has 5 atom stereocenters. The molecule has 1 aliphatic rings. The maximum Gasteiger partial charge on any atom is 0.259 e. The Hall–Kier alpha value is -4.18. The van der Waals surface area contributed by atoms with E-state index in [0.29, 0.717) is 22.5 Å². The van der Waals surface area contributed by atoms with Crippen molar-refractivity contribution < 1.29 is 32.4 Å². The topological polar surface area (TPSA) is 113 Å². The van der Waals surface area contributed by atoms with Crippen LogP contribution in [0, 0.1) is 11.3 Å². The minimum Gasteiger partial charge on any atom is -0.497 e. The molecular formula is C41H46ClFN5O6P. The van der Waals surface area contributed by atoms with Crippen LogP contribution in [0.25, 0.3) is 11.0 Å². The van der Waals surface area contributed by atoms with E-state index in [1.807, 2.05) is 107 Å². The quantitative estimate of drug-likeness (QED) is 0.0392. The van der Waals surface area contributed by atoms with Crippen LogP contribution in [0.1, 0.15) is 57.0 Å². The minimum atomic E-state index is -1.85. The third-order valence-electron chi connectivity index (χ3n) is 9.51. The van der Waals surface area contributed by atoms with Crippen molar-refractivity contribution in [3.05, 3.63) is 119 Å². The first-order valence-corrected chi connectivity index (χ1v) is 19.6. The molecule has 3 heterocycles. The van der Waals surface area contributed by atoms with E-state index in [4.69, 9.17) is 39.6 Å². The van der Waals surface area contributed by atoms with Gasteiger partial charge in [-0.15, -0.1) is 0 Å². The zero-order valence-electron chi connectivity index (χ0n) is 31.7. The lowest BCUT2D eigenvalue weighted by Gasteiger charge is -2.39. The maximum atomic E-state index is 17.3. The monoisotopic (exact) mass is 789 g/mol. The maximum absolute atomic E-state index is 17.3. The van der Waals surface area contributed by atoms with E-state index in [0.717, 1.165) is 16.7 Å². The van der Waals surface area contributed by atoms with Gasteiger partial charge in [-0.1, -0.05) is 66.2 Å². The second-order valence-corrected chi connectivity index (χ2v) is 15.3. The Balaban J connectivity index is 1.46. The highest BCUT2D eigenvalue weighted by molar-refractivity contribution is 7.44. The van der Waals surface area contributed by atoms with Gasteiger partial charge in [-0.25, -0.2) is 19.0 Å². The second-order valence-electron chi connectivity index (χ2n) is 13.6. The van der Waals surface area contributed by atoms with Gasteiger partial charge in [0.2, 0.25) is 0 Å². The molecule has 2 aromatic heterocycles. The summed E-state index contributed by atoms with van der Waals surface area (Å²) in [5, 5.41) is 10.1. The molecule has 6 rings (SSSR count). The number of ether oxygens (including phenoxy) is 4. The summed E-state index contributed by atoms with van der Waals surface area (Å²) in [6.45, 7) is 8.13. The van der Waals surface area contributed by atoms with Crippen LogP contribution >= 0.6 is 20.1 Å². The Morgan fingerprint density at radius 3 is 2.07 bits per heavy atom. The van der Waals surface area contributed by atoms with Crippen LogP contribution in [0.15, 0.2) is 97.5 Å². The van der Waals surface area contributed by atoms with Crippen LogP contribution in [0.4, 0.5) is 4.39 Å². The number of hydrogen-bond acceptors (Lipinski definition) is 10. The van der Waals surface area contributed by atoms with Gasteiger partial charge in [0.25, 0.3) is 8.53 Å². The standard InChI is InChI=1S/C41H46ClFN5O6P/c1-27(2)48(28(3)4)55(52-24-10-22-44)54-37-35(53-40(36(37)43)47-23-21-34-38(42)45-26-46-39(34)47)25-51-41(29-11-8-7-9-12-29,30-13-17-32(49-5)18-14-30)31-15-19-33(50-6)20-16-31/h7-9,11-21,23,26-28,35-37,40H,10,24-25H2,1-6H3/t35-,36+,37-,40-,55?/m1/s1. The Bertz CT molecular complexity index is 1980. The fourth-order valence-corrected chi connectivity index (χ4v) is 8.96. The number of alkyl halides is 1. The summed E-state index contributed by atoms with van der Waals surface area (Å²) in [7, 11) is 1.38. The van der Waals surface area contributed by atoms with E-state index in [9.17, 15) is 5.26 Å². The Morgan fingerprint density at radius 1 is 0.909 bits per heavy atom. The number of aromatic nitrogens is 3. The number of methoxy groups -OCH3 is 2. The van der Waals surface area contributed by atoms with Crippen LogP contribution in [-0.4, -0.2) is 77.1 Å². The van der Waals surface area contributed by atoms with Gasteiger partial charge in [-0.3, -0.25) is 0 Å². The van der Waals surface area contributed by atoms with Crippen molar-refractivity contribution in [1.82, 2.24) is 19.2 Å². The summed E-state index contributed by atoms with van der Waals surface area (Å²) in [6, 6.07) is 29.1. The zero-order chi connectivity index (χ0) is 39.1. The van der Waals surface area contributed by atoms with Gasteiger partial charge in [0, 0.05) is 18.3 Å². The predicted molar refractivity (Wildman–Crippen MR) is 210 cm³/mol. The van der Waals surface area contributed by atoms with Crippen molar-refractivity contribution in [1.29, 1.82) is 5.26 Å². The highest BCUT2D eigenvalue weighted by atomic mass is 35.5. The van der Waals surface area contributed by atoms with Gasteiger partial charge in [0.15, 0.2) is 12.4 Å². The van der Waals surface area contributed by atoms with Gasteiger partial charge in [0.1, 0.15) is 46.4 Å². The molecule has 0 spiro atoms. The van der Waals surface area contributed by atoms with Crippen LogP contribution in [-0.2, 0) is 24.1 Å². The third-order valence-corrected chi connectivity index (χ3v) is 11.9. The molecule has 3 aromatic carbocycles. The van der Waals surface area contributed by atoms with Crippen molar-refractivity contribution in [3.8, 4) is 17.6 Å². The Kier molecular flexibility index (Phi) is 13.4. The molecule has 0 saturated carbocycles. The molecule has 290 valence electrons. The smallest absolute Gasteiger partial charge is 0.259 e. The van der Waals surface area contributed by atoms with E-state index in [2.05, 4.69) is 20.7 Å². The third kappa shape index (κ3) is 8.49. The van der Waals surface area contributed by atoms with Gasteiger partial charge >= 0.3 is 0 Å². The number of hydrogen-bond donors (Lipinski definition) is 0. The predicted octanol–water partition coefficient (Wildman–Crippen LogP) is 9.01. The summed E-state index contributed by atoms with van der Waals surface area (Å²) in [6.07, 6.45) is -1.78. The van der Waals surface area contributed by atoms with E-state index in [1.165, 1.54) is 6.33 Å². The first kappa shape index (κ1) is 40.5. The molecule has 0 aliphatic carbocycles. The van der Waals surface area contributed by atoms with E-state index in [-0.39, 0.29) is 36.9 Å². The molecule has 1 unspecified atom stereocenters. The summed E-state index contributed by atoms with van der Waals surface area (Å²) < 4.78 is 58.9. The van der Waals surface area contributed by atoms with Crippen molar-refractivity contribution in [2.24, 2.45) is 0 Å². The first-order chi connectivity index (χ1) is 26.6. The van der Waals surface area contributed by atoms with Crippen molar-refractivity contribution in [2.75, 3.05) is 27.4 Å². The van der Waals surface area contributed by atoms with Crippen LogP contribution in [0.5, 0.6) is 11.5 Å². The molecule has 1 fully saturated rings. The van der Waals surface area contributed by atoms with Gasteiger partial charge < -0.3 is 32.6 Å². The molecule has 0 N–H and O–H groups in total. The van der Waals surface area contributed by atoms with Crippen LogP contribution in [0.3, 0.4) is 0 Å². The summed E-state index contributed by atoms with van der Waals surface area (Å²) in [5.74, 6) is 1.37. The molecular weight excluding hydrogens is 744 g/mol. The molecule has 0 bridgehead atoms. The number of nitrogens with zero attached hydrogens (tertiary/aromatic N) is 5. The lowest BCUT2D eigenvalue weighted by molar-refractivity contribution is -0.0918. The highest BCUT2D eigenvalue weighted by Crippen LogP contribution is 2.51. The molecule has 5 aromatic rings. The number of benzene rings is 3. The van der Waals surface area contributed by atoms with Gasteiger partial charge in [-0.2, -0.15) is 5.26 Å². The summed E-state index contributed by atoms with van der Waals surface area (Å²) in [4.78, 5) is 8.51. The average Bonchev–Trinajstić information content (AvgIpc) is 3.76. The fourth-order valence-electron chi connectivity index (χ4n) is 7.00. The summed E-state index contributed by atoms with van der Waals surface area (Å²) in [5.41, 5.74) is 1.67. The molecule has 0 amide bonds. The van der Waals surface area contributed by atoms with Gasteiger partial charge in [0.05, 0.1) is 45.3 Å². The lowest BCUT2D eigenvalue weighted by Crippen LogP contribution is -2.41. The summed E-state index contributed by atoms with van der Waals surface area (Å²) >= 11 is 6.41. The number of fused-ring (bicyclic) bond motifs is 1. The van der Waals surface area contributed by atoms with E-state index < -0.39 is 38.7 Å². The Labute approximate surface area is 327 Å². The number of rotatable bonds is 17. The van der Waals surface area contributed by atoms with Crippen LogP contribution < -0.4 is 9.47 Å². The van der Waals surface area contributed by atoms with Crippen molar-refractivity contribution in [3.63, 3.8) is 0 Å². The molecule has 55 heavy (non-hydrogen) atoms. The normalized spacial score (nSPS) is 19.3. The largest absolute Gasteiger partial charge is 0.497 e. The fraction of sp³-hybridized carbons (Fsp3) is 0.390. The van der Waals surface area contributed by atoms with Crippen molar-refractivity contribution >= 4 is 31.2 Å². The number of nitriles is 1. The van der Waals surface area contributed by atoms with Crippen LogP contribution in [0.2, 0.25) is 5.15 Å². The molecule has 14 heteroatoms. The highest BCUT2D eigenvalue weighted by Gasteiger charge is 2.51. The van der Waals surface area contributed by atoms with E-state index in [1.54, 1.807) is 31.0 Å². The van der Waals surface area contributed by atoms with Gasteiger partial charge in [-0.05, 0) is 74.7 Å². The van der Waals surface area contributed by atoms with E-state index >= 15 is 4.39 Å². The molecule has 0 radical (unpaired) electrons. The number of halogens is 2. The Morgan fingerprint density at radius 2 is 1.51 bits per heavy atom. The molecule has 1 saturated heterocycles. The SMILES string of the molecule is COc1ccc(C(OC[C@H]2O[C@@H](n3ccc4c(Cl)ncnc43)[C@@H](F)[C@@H]2OP(OCCC#N)N(C(C)C)C(C)C)(c2ccccc2)c2ccc(OC)cc2)cc1. The van der Waals surface area contributed by atoms with Crippen molar-refractivity contribution in [2.45, 2.75) is 76.4 Å².